The number of fused-ring (bicyclic) bond motifs is 1. The normalized spacial score (nSPS) is 20.2. The summed E-state index contributed by atoms with van der Waals surface area (Å²) in [5.41, 5.74) is 1.04. The van der Waals surface area contributed by atoms with E-state index in [1.165, 1.54) is 0 Å². The summed E-state index contributed by atoms with van der Waals surface area (Å²) in [6.07, 6.45) is -0.968. The minimum atomic E-state index is -1.69. The number of hydrogen-bond acceptors (Lipinski definition) is 3. The standard InChI is InChI=1S/C9H6Cl3NO2/c10-9(11,12)8-13-6-4-2-1-3-5(6)7(14)15-8/h1-4,8,13H/t8-/m0/s1. The van der Waals surface area contributed by atoms with Gasteiger partial charge >= 0.3 is 5.97 Å². The Bertz CT molecular complexity index is 403. The zero-order valence-corrected chi connectivity index (χ0v) is 9.60. The van der Waals surface area contributed by atoms with Crippen LogP contribution in [0.2, 0.25) is 0 Å². The van der Waals surface area contributed by atoms with E-state index in [0.29, 0.717) is 11.3 Å². The fourth-order valence-corrected chi connectivity index (χ4v) is 1.57. The number of alkyl halides is 3. The van der Waals surface area contributed by atoms with Gasteiger partial charge < -0.3 is 10.1 Å². The Hall–Kier alpha value is -0.640. The monoisotopic (exact) mass is 265 g/mol. The van der Waals surface area contributed by atoms with Gasteiger partial charge in [0.15, 0.2) is 0 Å². The molecule has 80 valence electrons. The molecule has 1 aliphatic heterocycles. The van der Waals surface area contributed by atoms with Crippen molar-refractivity contribution in [2.75, 3.05) is 5.32 Å². The number of anilines is 1. The Morgan fingerprint density at radius 2 is 1.93 bits per heavy atom. The molecule has 1 N–H and O–H groups in total. The lowest BCUT2D eigenvalue weighted by atomic mass is 10.1. The number of ether oxygens (including phenoxy) is 1. The molecular weight excluding hydrogens is 260 g/mol. The van der Waals surface area contributed by atoms with Gasteiger partial charge in [-0.2, -0.15) is 0 Å². The molecule has 1 aromatic rings. The fourth-order valence-electron chi connectivity index (χ4n) is 1.28. The van der Waals surface area contributed by atoms with Gasteiger partial charge in [0.25, 0.3) is 0 Å². The van der Waals surface area contributed by atoms with Crippen LogP contribution in [-0.2, 0) is 4.74 Å². The van der Waals surface area contributed by atoms with Gasteiger partial charge in [-0.15, -0.1) is 0 Å². The van der Waals surface area contributed by atoms with Crippen LogP contribution < -0.4 is 5.32 Å². The number of nitrogens with one attached hydrogen (secondary N) is 1. The smallest absolute Gasteiger partial charge is 0.342 e. The number of rotatable bonds is 0. The molecule has 1 heterocycles. The van der Waals surface area contributed by atoms with Crippen molar-refractivity contribution in [3.8, 4) is 0 Å². The van der Waals surface area contributed by atoms with Gasteiger partial charge in [0.05, 0.1) is 11.3 Å². The van der Waals surface area contributed by atoms with E-state index in [-0.39, 0.29) is 0 Å². The largest absolute Gasteiger partial charge is 0.433 e. The third-order valence-corrected chi connectivity index (χ3v) is 2.55. The highest BCUT2D eigenvalue weighted by Gasteiger charge is 2.39. The van der Waals surface area contributed by atoms with Crippen LogP contribution in [0.1, 0.15) is 10.4 Å². The van der Waals surface area contributed by atoms with Gasteiger partial charge in [0.2, 0.25) is 10.0 Å². The van der Waals surface area contributed by atoms with E-state index >= 15 is 0 Å². The van der Waals surface area contributed by atoms with Crippen LogP contribution in [-0.4, -0.2) is 16.0 Å². The van der Waals surface area contributed by atoms with E-state index in [9.17, 15) is 4.79 Å². The van der Waals surface area contributed by atoms with E-state index in [2.05, 4.69) is 5.32 Å². The number of cyclic esters (lactones) is 1. The number of benzene rings is 1. The molecule has 0 aliphatic carbocycles. The minimum absolute atomic E-state index is 0.433. The number of halogens is 3. The highest BCUT2D eigenvalue weighted by Crippen LogP contribution is 2.36. The van der Waals surface area contributed by atoms with Crippen molar-refractivity contribution in [1.29, 1.82) is 0 Å². The first-order valence-electron chi connectivity index (χ1n) is 4.12. The lowest BCUT2D eigenvalue weighted by Crippen LogP contribution is -2.41. The van der Waals surface area contributed by atoms with Crippen molar-refractivity contribution in [2.45, 2.75) is 10.0 Å². The topological polar surface area (TPSA) is 38.3 Å². The molecule has 3 nitrogen and oxygen atoms in total. The average Bonchev–Trinajstić information content (AvgIpc) is 2.16. The van der Waals surface area contributed by atoms with Gasteiger partial charge in [0.1, 0.15) is 0 Å². The predicted molar refractivity (Wildman–Crippen MR) is 59.6 cm³/mol. The molecule has 0 saturated carbocycles. The minimum Gasteiger partial charge on any atom is -0.433 e. The van der Waals surface area contributed by atoms with Crippen LogP contribution in [0.15, 0.2) is 24.3 Å². The van der Waals surface area contributed by atoms with Crippen LogP contribution >= 0.6 is 34.8 Å². The van der Waals surface area contributed by atoms with Crippen molar-refractivity contribution in [1.82, 2.24) is 0 Å². The van der Waals surface area contributed by atoms with Crippen molar-refractivity contribution in [3.63, 3.8) is 0 Å². The molecule has 0 saturated heterocycles. The molecule has 15 heavy (non-hydrogen) atoms. The predicted octanol–water partition coefficient (Wildman–Crippen LogP) is 2.97. The Kier molecular flexibility index (Phi) is 2.71. The Balaban J connectivity index is 2.35. The summed E-state index contributed by atoms with van der Waals surface area (Å²) in [5.74, 6) is -0.499. The molecule has 0 bridgehead atoms. The first-order valence-corrected chi connectivity index (χ1v) is 5.25. The Morgan fingerprint density at radius 3 is 2.60 bits per heavy atom. The number of hydrogen-bond donors (Lipinski definition) is 1. The van der Waals surface area contributed by atoms with E-state index in [4.69, 9.17) is 39.5 Å². The van der Waals surface area contributed by atoms with E-state index in [1.54, 1.807) is 24.3 Å². The summed E-state index contributed by atoms with van der Waals surface area (Å²) in [6.45, 7) is 0. The molecule has 1 aromatic carbocycles. The van der Waals surface area contributed by atoms with Crippen LogP contribution in [0.5, 0.6) is 0 Å². The maximum Gasteiger partial charge on any atom is 0.342 e. The maximum atomic E-state index is 11.5. The van der Waals surface area contributed by atoms with E-state index in [1.807, 2.05) is 0 Å². The van der Waals surface area contributed by atoms with Gasteiger partial charge in [-0.3, -0.25) is 0 Å². The second-order valence-electron chi connectivity index (χ2n) is 3.02. The van der Waals surface area contributed by atoms with Gasteiger partial charge in [-0.1, -0.05) is 46.9 Å². The molecule has 1 aliphatic rings. The quantitative estimate of drug-likeness (QED) is 0.579. The SMILES string of the molecule is O=C1O[C@@H](C(Cl)(Cl)Cl)Nc2ccccc21. The molecule has 0 unspecified atom stereocenters. The summed E-state index contributed by atoms with van der Waals surface area (Å²) in [6, 6.07) is 6.87. The summed E-state index contributed by atoms with van der Waals surface area (Å²) in [5, 5.41) is 2.83. The molecule has 6 heteroatoms. The molecular formula is C9H6Cl3NO2. The molecule has 0 amide bonds. The molecule has 1 atom stereocenters. The molecule has 2 rings (SSSR count). The zero-order valence-electron chi connectivity index (χ0n) is 7.34. The van der Waals surface area contributed by atoms with Crippen molar-refractivity contribution >= 4 is 46.5 Å². The van der Waals surface area contributed by atoms with E-state index < -0.39 is 16.0 Å². The number of para-hydroxylation sites is 1. The van der Waals surface area contributed by atoms with Crippen molar-refractivity contribution in [2.24, 2.45) is 0 Å². The van der Waals surface area contributed by atoms with Crippen LogP contribution in [0.3, 0.4) is 0 Å². The van der Waals surface area contributed by atoms with Gasteiger partial charge in [-0.05, 0) is 12.1 Å². The molecule has 0 radical (unpaired) electrons. The maximum absolute atomic E-state index is 11.5. The molecule has 0 aromatic heterocycles. The second kappa shape index (κ2) is 3.74. The van der Waals surface area contributed by atoms with Crippen LogP contribution in [0.4, 0.5) is 5.69 Å². The summed E-state index contributed by atoms with van der Waals surface area (Å²) in [4.78, 5) is 11.5. The molecule has 0 spiro atoms. The first-order chi connectivity index (χ1) is 6.98. The molecule has 0 fully saturated rings. The second-order valence-corrected chi connectivity index (χ2v) is 5.39. The van der Waals surface area contributed by atoms with Gasteiger partial charge in [-0.25, -0.2) is 4.79 Å². The highest BCUT2D eigenvalue weighted by molar-refractivity contribution is 6.68. The van der Waals surface area contributed by atoms with Crippen molar-refractivity contribution in [3.05, 3.63) is 29.8 Å². The van der Waals surface area contributed by atoms with E-state index in [0.717, 1.165) is 0 Å². The average molecular weight is 267 g/mol. The summed E-state index contributed by atoms with van der Waals surface area (Å²) >= 11 is 16.9. The van der Waals surface area contributed by atoms with Crippen LogP contribution in [0.25, 0.3) is 0 Å². The summed E-state index contributed by atoms with van der Waals surface area (Å²) < 4.78 is 3.24. The van der Waals surface area contributed by atoms with Gasteiger partial charge in [0, 0.05) is 0 Å². The third-order valence-electron chi connectivity index (χ3n) is 1.96. The Morgan fingerprint density at radius 1 is 1.27 bits per heavy atom. The zero-order chi connectivity index (χ0) is 11.1. The fraction of sp³-hybridized carbons (Fsp3) is 0.222. The number of esters is 1. The first kappa shape index (κ1) is 10.9. The Labute approximate surface area is 101 Å². The highest BCUT2D eigenvalue weighted by atomic mass is 35.6. The number of carbonyl (C=O) groups excluding carboxylic acids is 1. The lowest BCUT2D eigenvalue weighted by Gasteiger charge is -2.30. The summed E-state index contributed by atoms with van der Waals surface area (Å²) in [7, 11) is 0. The van der Waals surface area contributed by atoms with Crippen LogP contribution in [0, 0.1) is 0 Å². The third kappa shape index (κ3) is 2.14. The van der Waals surface area contributed by atoms with Crippen molar-refractivity contribution < 1.29 is 9.53 Å². The lowest BCUT2D eigenvalue weighted by molar-refractivity contribution is 0.0341. The number of carbonyl (C=O) groups is 1.